The van der Waals surface area contributed by atoms with Crippen molar-refractivity contribution in [2.75, 3.05) is 45.8 Å². The lowest BCUT2D eigenvalue weighted by Crippen LogP contribution is -2.30. The molecule has 3 rings (SSSR count). The number of methoxy groups -OCH3 is 2. The van der Waals surface area contributed by atoms with Gasteiger partial charge in [0.2, 0.25) is 0 Å². The second-order valence-corrected chi connectivity index (χ2v) is 11.1. The average molecular weight is 599 g/mol. The Morgan fingerprint density at radius 2 is 1.88 bits per heavy atom. The van der Waals surface area contributed by atoms with Crippen molar-refractivity contribution in [1.29, 1.82) is 5.26 Å². The summed E-state index contributed by atoms with van der Waals surface area (Å²) in [4.78, 5) is 28.8. The quantitative estimate of drug-likeness (QED) is 0.170. The summed E-state index contributed by atoms with van der Waals surface area (Å²) in [7, 11) is 3.19. The molecule has 1 fully saturated rings. The molecule has 0 aliphatic carbocycles. The number of hydrogen-bond donors (Lipinski definition) is 1. The van der Waals surface area contributed by atoms with Gasteiger partial charge in [-0.15, -0.1) is 0 Å². The number of rotatable bonds is 15. The summed E-state index contributed by atoms with van der Waals surface area (Å²) in [6, 6.07) is 7.84. The van der Waals surface area contributed by atoms with E-state index in [1.54, 1.807) is 36.7 Å². The van der Waals surface area contributed by atoms with Gasteiger partial charge < -0.3 is 19.5 Å². The number of nitrogens with one attached hydrogen (secondary N) is 1. The van der Waals surface area contributed by atoms with E-state index in [1.165, 1.54) is 11.8 Å². The molecular formula is C30H38N4O5S2. The maximum atomic E-state index is 13.4. The largest absolute Gasteiger partial charge is 0.493 e. The first-order valence-electron chi connectivity index (χ1n) is 13.8. The highest BCUT2D eigenvalue weighted by Gasteiger charge is 2.32. The molecule has 0 atom stereocenters. The van der Waals surface area contributed by atoms with Crippen LogP contribution in [0.1, 0.15) is 55.4 Å². The van der Waals surface area contributed by atoms with Gasteiger partial charge in [-0.3, -0.25) is 19.1 Å². The highest BCUT2D eigenvalue weighted by atomic mass is 32.2. The van der Waals surface area contributed by atoms with E-state index in [1.807, 2.05) is 32.0 Å². The SMILES string of the molecule is CCCCn1c(NCCc2ccc(OC)c(OC)c2)c(/C=C2/SC(=S)N(CCCOCC)C2=O)c(C)c(C#N)c1=O. The summed E-state index contributed by atoms with van der Waals surface area (Å²) in [5.41, 5.74) is 1.93. The number of carbonyl (C=O) groups is 1. The standard InChI is InChI=1S/C30H38N4O5S2/c1-6-8-14-33-27(32-13-12-21-10-11-24(37-4)25(17-21)38-5)22(20(3)23(19-31)28(33)35)18-26-29(36)34(30(40)41-26)15-9-16-39-7-2/h10-11,17-18,32H,6-9,12-16H2,1-5H3/b26-18+. The van der Waals surface area contributed by atoms with Crippen molar-refractivity contribution in [3.05, 3.63) is 55.7 Å². The maximum absolute atomic E-state index is 13.4. The number of ether oxygens (including phenoxy) is 3. The van der Waals surface area contributed by atoms with E-state index in [0.29, 0.717) is 83.4 Å². The fourth-order valence-electron chi connectivity index (χ4n) is 4.54. The van der Waals surface area contributed by atoms with Crippen molar-refractivity contribution in [2.24, 2.45) is 0 Å². The summed E-state index contributed by atoms with van der Waals surface area (Å²) in [5, 5.41) is 13.3. The molecule has 0 saturated carbocycles. The summed E-state index contributed by atoms with van der Waals surface area (Å²) in [5.74, 6) is 1.69. The second-order valence-electron chi connectivity index (χ2n) is 9.43. The summed E-state index contributed by atoms with van der Waals surface area (Å²) in [6.45, 7) is 8.32. The first-order chi connectivity index (χ1) is 19.8. The number of hydrogen-bond acceptors (Lipinski definition) is 9. The van der Waals surface area contributed by atoms with E-state index in [-0.39, 0.29) is 17.0 Å². The molecule has 2 aromatic rings. The van der Waals surface area contributed by atoms with Gasteiger partial charge in [0.05, 0.1) is 19.1 Å². The van der Waals surface area contributed by atoms with Crippen LogP contribution in [0.4, 0.5) is 5.82 Å². The van der Waals surface area contributed by atoms with E-state index >= 15 is 0 Å². The minimum Gasteiger partial charge on any atom is -0.493 e. The highest BCUT2D eigenvalue weighted by Crippen LogP contribution is 2.35. The lowest BCUT2D eigenvalue weighted by atomic mass is 10.0. The van der Waals surface area contributed by atoms with Gasteiger partial charge in [0.15, 0.2) is 11.5 Å². The number of thiocarbonyl (C=S) groups is 1. The van der Waals surface area contributed by atoms with E-state index < -0.39 is 0 Å². The molecule has 0 unspecified atom stereocenters. The topological polar surface area (TPSA) is 106 Å². The summed E-state index contributed by atoms with van der Waals surface area (Å²) in [6.07, 6.45) is 4.72. The maximum Gasteiger partial charge on any atom is 0.270 e. The van der Waals surface area contributed by atoms with Crippen LogP contribution in [0.3, 0.4) is 0 Å². The number of nitriles is 1. The number of pyridine rings is 1. The van der Waals surface area contributed by atoms with Gasteiger partial charge in [0.25, 0.3) is 11.5 Å². The molecule has 1 aliphatic heterocycles. The van der Waals surface area contributed by atoms with Gasteiger partial charge in [-0.1, -0.05) is 43.4 Å². The zero-order chi connectivity index (χ0) is 29.9. The van der Waals surface area contributed by atoms with E-state index in [2.05, 4.69) is 11.4 Å². The molecule has 0 bridgehead atoms. The molecule has 1 aromatic heterocycles. The number of amides is 1. The highest BCUT2D eigenvalue weighted by molar-refractivity contribution is 8.26. The smallest absolute Gasteiger partial charge is 0.270 e. The predicted octanol–water partition coefficient (Wildman–Crippen LogP) is 5.13. The Bertz CT molecular complexity index is 1400. The monoisotopic (exact) mass is 598 g/mol. The number of thioether (sulfide) groups is 1. The van der Waals surface area contributed by atoms with Crippen molar-refractivity contribution in [3.8, 4) is 17.6 Å². The van der Waals surface area contributed by atoms with Crippen molar-refractivity contribution < 1.29 is 19.0 Å². The first-order valence-corrected chi connectivity index (χ1v) is 15.0. The third-order valence-corrected chi connectivity index (χ3v) is 8.17. The molecule has 0 spiro atoms. The van der Waals surface area contributed by atoms with Crippen LogP contribution >= 0.6 is 24.0 Å². The molecule has 1 aliphatic rings. The van der Waals surface area contributed by atoms with Gasteiger partial charge in [-0.2, -0.15) is 5.26 Å². The van der Waals surface area contributed by atoms with Gasteiger partial charge in [-0.25, -0.2) is 0 Å². The number of carbonyl (C=O) groups excluding carboxylic acids is 1. The Balaban J connectivity index is 1.99. The van der Waals surface area contributed by atoms with Gasteiger partial charge in [0, 0.05) is 38.4 Å². The molecule has 11 heteroatoms. The predicted molar refractivity (Wildman–Crippen MR) is 168 cm³/mol. The number of benzene rings is 1. The van der Waals surface area contributed by atoms with Crippen molar-refractivity contribution in [3.63, 3.8) is 0 Å². The second kappa shape index (κ2) is 15.6. The Morgan fingerprint density at radius 3 is 2.54 bits per heavy atom. The van der Waals surface area contributed by atoms with Gasteiger partial charge in [-0.05, 0) is 62.4 Å². The molecule has 2 heterocycles. The minimum atomic E-state index is -0.340. The first kappa shape index (κ1) is 32.2. The van der Waals surface area contributed by atoms with E-state index in [9.17, 15) is 14.9 Å². The van der Waals surface area contributed by atoms with Crippen LogP contribution in [0.25, 0.3) is 6.08 Å². The Hall–Kier alpha value is -3.33. The number of unbranched alkanes of at least 4 members (excludes halogenated alkanes) is 1. The van der Waals surface area contributed by atoms with Crippen LogP contribution in [-0.4, -0.2) is 60.2 Å². The third kappa shape index (κ3) is 7.70. The Kier molecular flexibility index (Phi) is 12.3. The molecule has 41 heavy (non-hydrogen) atoms. The molecule has 0 radical (unpaired) electrons. The van der Waals surface area contributed by atoms with Crippen LogP contribution in [0.15, 0.2) is 27.9 Å². The Morgan fingerprint density at radius 1 is 1.12 bits per heavy atom. The minimum absolute atomic E-state index is 0.0741. The van der Waals surface area contributed by atoms with E-state index in [4.69, 9.17) is 26.4 Å². The van der Waals surface area contributed by atoms with Crippen LogP contribution in [0.2, 0.25) is 0 Å². The van der Waals surface area contributed by atoms with Crippen molar-refractivity contribution in [1.82, 2.24) is 9.47 Å². The van der Waals surface area contributed by atoms with Crippen molar-refractivity contribution in [2.45, 2.75) is 53.0 Å². The van der Waals surface area contributed by atoms with Crippen molar-refractivity contribution >= 4 is 46.1 Å². The van der Waals surface area contributed by atoms with Gasteiger partial charge >= 0.3 is 0 Å². The lowest BCUT2D eigenvalue weighted by molar-refractivity contribution is -0.122. The van der Waals surface area contributed by atoms with Crippen LogP contribution < -0.4 is 20.3 Å². The lowest BCUT2D eigenvalue weighted by Gasteiger charge is -2.20. The summed E-state index contributed by atoms with van der Waals surface area (Å²) >= 11 is 6.75. The number of aromatic nitrogens is 1. The molecule has 220 valence electrons. The zero-order valence-corrected chi connectivity index (χ0v) is 26.0. The normalized spacial score (nSPS) is 14.0. The summed E-state index contributed by atoms with van der Waals surface area (Å²) < 4.78 is 18.3. The van der Waals surface area contributed by atoms with Crippen LogP contribution in [0, 0.1) is 18.3 Å². The van der Waals surface area contributed by atoms with E-state index in [0.717, 1.165) is 18.4 Å². The third-order valence-electron chi connectivity index (χ3n) is 6.79. The molecule has 1 aromatic carbocycles. The Labute approximate surface area is 251 Å². The number of anilines is 1. The fourth-order valence-corrected chi connectivity index (χ4v) is 5.83. The molecule has 1 amide bonds. The molecule has 1 N–H and O–H groups in total. The molecule has 1 saturated heterocycles. The fraction of sp³-hybridized carbons (Fsp3) is 0.467. The molecule has 9 nitrogen and oxygen atoms in total. The molecular weight excluding hydrogens is 560 g/mol. The average Bonchev–Trinajstić information content (AvgIpc) is 3.24. The zero-order valence-electron chi connectivity index (χ0n) is 24.4. The van der Waals surface area contributed by atoms with Gasteiger partial charge in [0.1, 0.15) is 21.8 Å². The number of nitrogens with zero attached hydrogens (tertiary/aromatic N) is 3. The van der Waals surface area contributed by atoms with Crippen LogP contribution in [0.5, 0.6) is 11.5 Å². The van der Waals surface area contributed by atoms with Crippen LogP contribution in [-0.2, 0) is 22.5 Å².